The molecule has 0 saturated heterocycles. The highest BCUT2D eigenvalue weighted by Crippen LogP contribution is 1.98. The van der Waals surface area contributed by atoms with Crippen molar-refractivity contribution in [2.45, 2.75) is 6.54 Å². The molecule has 13 heavy (non-hydrogen) atoms. The van der Waals surface area contributed by atoms with Gasteiger partial charge in [-0.3, -0.25) is 0 Å². The van der Waals surface area contributed by atoms with Crippen LogP contribution in [0, 0.1) is 0 Å². The average molecular weight is 177 g/mol. The van der Waals surface area contributed by atoms with Gasteiger partial charge in [0.15, 0.2) is 0 Å². The highest BCUT2D eigenvalue weighted by Gasteiger charge is 2.09. The Balaban J connectivity index is 2.85. The molecule has 0 unspecified atom stereocenters. The summed E-state index contributed by atoms with van der Waals surface area (Å²) in [4.78, 5) is 13.2. The van der Waals surface area contributed by atoms with Gasteiger partial charge in [0, 0.05) is 0 Å². The lowest BCUT2D eigenvalue weighted by atomic mass is 9.80. The maximum Gasteiger partial charge on any atom is 0.488 e. The van der Waals surface area contributed by atoms with Crippen molar-refractivity contribution < 1.29 is 14.8 Å². The van der Waals surface area contributed by atoms with Crippen LogP contribution in [0.25, 0.3) is 0 Å². The van der Waals surface area contributed by atoms with Gasteiger partial charge >= 0.3 is 7.12 Å². The van der Waals surface area contributed by atoms with Crippen molar-refractivity contribution >= 4 is 18.7 Å². The number of hydrogen-bond acceptors (Lipinski definition) is 4. The predicted octanol–water partition coefficient (Wildman–Crippen LogP) is -0.798. The first kappa shape index (κ1) is 9.67. The fraction of sp³-hybridized carbons (Fsp3) is 0.125. The van der Waals surface area contributed by atoms with Crippen LogP contribution in [0.1, 0.15) is 5.56 Å². The number of isocyanates is 1. The first-order valence-electron chi connectivity index (χ1n) is 3.72. The fourth-order valence-corrected chi connectivity index (χ4v) is 0.976. The van der Waals surface area contributed by atoms with Crippen LogP contribution >= 0.6 is 0 Å². The molecule has 0 aliphatic carbocycles. The summed E-state index contributed by atoms with van der Waals surface area (Å²) in [5.74, 6) is 0. The molecule has 0 amide bonds. The van der Waals surface area contributed by atoms with Crippen LogP contribution in [0.15, 0.2) is 29.3 Å². The van der Waals surface area contributed by atoms with Crippen LogP contribution in [0.2, 0.25) is 0 Å². The lowest BCUT2D eigenvalue weighted by Crippen LogP contribution is -2.29. The van der Waals surface area contributed by atoms with Crippen LogP contribution in [0.5, 0.6) is 0 Å². The van der Waals surface area contributed by atoms with Gasteiger partial charge in [-0.2, -0.15) is 0 Å². The molecule has 1 aromatic rings. The molecule has 0 aliphatic rings. The minimum absolute atomic E-state index is 0.212. The highest BCUT2D eigenvalue weighted by molar-refractivity contribution is 6.58. The largest absolute Gasteiger partial charge is 0.488 e. The summed E-state index contributed by atoms with van der Waals surface area (Å²) in [6.45, 7) is 0.212. The minimum Gasteiger partial charge on any atom is -0.423 e. The Morgan fingerprint density at radius 1 is 1.46 bits per heavy atom. The summed E-state index contributed by atoms with van der Waals surface area (Å²) in [6, 6.07) is 6.57. The monoisotopic (exact) mass is 177 g/mol. The summed E-state index contributed by atoms with van der Waals surface area (Å²) in [5.41, 5.74) is 1.13. The van der Waals surface area contributed by atoms with E-state index in [0.29, 0.717) is 5.46 Å². The molecule has 5 heteroatoms. The molecule has 0 saturated carbocycles. The molecule has 0 bridgehead atoms. The van der Waals surface area contributed by atoms with E-state index >= 15 is 0 Å². The first-order valence-corrected chi connectivity index (χ1v) is 3.72. The molecule has 66 valence electrons. The van der Waals surface area contributed by atoms with Gasteiger partial charge in [-0.05, 0) is 11.0 Å². The van der Waals surface area contributed by atoms with Crippen molar-refractivity contribution in [3.8, 4) is 0 Å². The normalized spacial score (nSPS) is 9.08. The molecule has 0 atom stereocenters. The van der Waals surface area contributed by atoms with Crippen molar-refractivity contribution in [2.24, 2.45) is 4.99 Å². The molecule has 0 aliphatic heterocycles. The summed E-state index contributed by atoms with van der Waals surface area (Å²) < 4.78 is 0. The quantitative estimate of drug-likeness (QED) is 0.360. The number of hydrogen-bond donors (Lipinski definition) is 2. The summed E-state index contributed by atoms with van der Waals surface area (Å²) in [6.07, 6.45) is 1.41. The van der Waals surface area contributed by atoms with Gasteiger partial charge in [0.25, 0.3) is 0 Å². The van der Waals surface area contributed by atoms with E-state index in [2.05, 4.69) is 4.99 Å². The number of aliphatic imine (C=N–C) groups is 1. The fourth-order valence-electron chi connectivity index (χ4n) is 0.976. The minimum atomic E-state index is -1.49. The van der Waals surface area contributed by atoms with E-state index in [4.69, 9.17) is 10.0 Å². The zero-order valence-electron chi connectivity index (χ0n) is 6.84. The zero-order chi connectivity index (χ0) is 9.68. The average Bonchev–Trinajstić information content (AvgIpc) is 2.15. The first-order chi connectivity index (χ1) is 6.24. The predicted molar refractivity (Wildman–Crippen MR) is 48.1 cm³/mol. The van der Waals surface area contributed by atoms with Gasteiger partial charge in [-0.1, -0.05) is 24.3 Å². The van der Waals surface area contributed by atoms with Crippen molar-refractivity contribution in [3.05, 3.63) is 29.8 Å². The molecule has 0 radical (unpaired) electrons. The van der Waals surface area contributed by atoms with Gasteiger partial charge in [-0.25, -0.2) is 9.79 Å². The zero-order valence-corrected chi connectivity index (χ0v) is 6.84. The summed E-state index contributed by atoms with van der Waals surface area (Å²) in [7, 11) is -1.49. The second-order valence-electron chi connectivity index (χ2n) is 2.53. The van der Waals surface area contributed by atoms with E-state index in [9.17, 15) is 4.79 Å². The Morgan fingerprint density at radius 3 is 2.85 bits per heavy atom. The van der Waals surface area contributed by atoms with E-state index < -0.39 is 7.12 Å². The van der Waals surface area contributed by atoms with E-state index in [0.717, 1.165) is 5.56 Å². The Hall–Kier alpha value is -1.42. The number of carbonyl (C=O) groups excluding carboxylic acids is 1. The lowest BCUT2D eigenvalue weighted by molar-refractivity contribution is 0.425. The number of rotatable bonds is 3. The third kappa shape index (κ3) is 2.84. The molecule has 1 rings (SSSR count). The Labute approximate surface area is 75.7 Å². The maximum absolute atomic E-state index is 9.81. The van der Waals surface area contributed by atoms with E-state index in [1.54, 1.807) is 24.3 Å². The molecule has 0 spiro atoms. The standard InChI is InChI=1S/C8H8BNO3/c11-6-10-5-7-2-1-3-8(4-7)9(12)13/h1-4,12-13H,5H2. The summed E-state index contributed by atoms with van der Waals surface area (Å²) in [5, 5.41) is 17.6. The van der Waals surface area contributed by atoms with Crippen LogP contribution < -0.4 is 5.46 Å². The van der Waals surface area contributed by atoms with E-state index in [1.165, 1.54) is 6.08 Å². The molecular formula is C8H8BNO3. The SMILES string of the molecule is O=C=NCc1cccc(B(O)O)c1. The van der Waals surface area contributed by atoms with Crippen molar-refractivity contribution in [2.75, 3.05) is 0 Å². The Bertz CT molecular complexity index is 334. The van der Waals surface area contributed by atoms with Gasteiger partial charge in [0.1, 0.15) is 0 Å². The molecule has 0 heterocycles. The smallest absolute Gasteiger partial charge is 0.423 e. The maximum atomic E-state index is 9.81. The molecule has 0 fully saturated rings. The molecular weight excluding hydrogens is 169 g/mol. The van der Waals surface area contributed by atoms with Gasteiger partial charge in [-0.15, -0.1) is 0 Å². The van der Waals surface area contributed by atoms with Gasteiger partial charge in [0.2, 0.25) is 6.08 Å². The Kier molecular flexibility index (Phi) is 3.40. The second-order valence-corrected chi connectivity index (χ2v) is 2.53. The van der Waals surface area contributed by atoms with Crippen molar-refractivity contribution in [1.29, 1.82) is 0 Å². The third-order valence-corrected chi connectivity index (χ3v) is 1.58. The van der Waals surface area contributed by atoms with Crippen molar-refractivity contribution in [1.82, 2.24) is 0 Å². The van der Waals surface area contributed by atoms with E-state index in [-0.39, 0.29) is 6.54 Å². The molecule has 4 nitrogen and oxygen atoms in total. The van der Waals surface area contributed by atoms with Crippen LogP contribution in [0.3, 0.4) is 0 Å². The van der Waals surface area contributed by atoms with E-state index in [1.807, 2.05) is 0 Å². The molecule has 2 N–H and O–H groups in total. The molecule has 1 aromatic carbocycles. The Morgan fingerprint density at radius 2 is 2.23 bits per heavy atom. The number of nitrogens with zero attached hydrogens (tertiary/aromatic N) is 1. The highest BCUT2D eigenvalue weighted by atomic mass is 16.4. The van der Waals surface area contributed by atoms with Crippen molar-refractivity contribution in [3.63, 3.8) is 0 Å². The van der Waals surface area contributed by atoms with Gasteiger partial charge < -0.3 is 10.0 Å². The van der Waals surface area contributed by atoms with Crippen LogP contribution in [-0.4, -0.2) is 23.2 Å². The number of benzene rings is 1. The van der Waals surface area contributed by atoms with Crippen LogP contribution in [0.4, 0.5) is 0 Å². The second kappa shape index (κ2) is 4.57. The lowest BCUT2D eigenvalue weighted by Gasteiger charge is -2.00. The van der Waals surface area contributed by atoms with Crippen LogP contribution in [-0.2, 0) is 11.3 Å². The van der Waals surface area contributed by atoms with Gasteiger partial charge in [0.05, 0.1) is 6.54 Å². The third-order valence-electron chi connectivity index (χ3n) is 1.58. The topological polar surface area (TPSA) is 69.9 Å². The summed E-state index contributed by atoms with van der Waals surface area (Å²) >= 11 is 0. The molecule has 0 aromatic heterocycles.